The first-order valence-corrected chi connectivity index (χ1v) is 12.1. The van der Waals surface area contributed by atoms with Crippen molar-refractivity contribution in [3.05, 3.63) is 101 Å². The Hall–Kier alpha value is -4.19. The molecular formula is C29H28N4O2. The lowest BCUT2D eigenvalue weighted by atomic mass is 10.0. The fraction of sp³-hybridized carbons (Fsp3) is 0.207. The Labute approximate surface area is 203 Å². The third kappa shape index (κ3) is 4.47. The molecule has 5 aromatic rings. The summed E-state index contributed by atoms with van der Waals surface area (Å²) in [5, 5.41) is 4.06. The molecule has 6 nitrogen and oxygen atoms in total. The van der Waals surface area contributed by atoms with Crippen LogP contribution in [-0.4, -0.2) is 27.0 Å². The van der Waals surface area contributed by atoms with Crippen molar-refractivity contribution >= 4 is 27.8 Å². The molecule has 0 radical (unpaired) electrons. The molecule has 0 saturated carbocycles. The fourth-order valence-electron chi connectivity index (χ4n) is 4.52. The third-order valence-corrected chi connectivity index (χ3v) is 6.28. The van der Waals surface area contributed by atoms with Crippen LogP contribution in [0.2, 0.25) is 0 Å². The standard InChI is InChI=1S/C29H28N4O2/c1-2-3-11-18-30-28(34)27(20-12-5-4-6-13-20)33-25-17-10-9-16-23(25)32-26(29(33)35)24-19-21-14-7-8-15-22(21)31-24/h4-10,12-17,19,27,31H,2-3,11,18H2,1H3,(H,30,34). The van der Waals surface area contributed by atoms with Crippen LogP contribution in [0, 0.1) is 0 Å². The highest BCUT2D eigenvalue weighted by molar-refractivity contribution is 5.89. The first-order valence-electron chi connectivity index (χ1n) is 12.1. The van der Waals surface area contributed by atoms with Gasteiger partial charge >= 0.3 is 0 Å². The topological polar surface area (TPSA) is 79.8 Å². The van der Waals surface area contributed by atoms with Crippen molar-refractivity contribution in [1.29, 1.82) is 0 Å². The van der Waals surface area contributed by atoms with E-state index in [4.69, 9.17) is 4.98 Å². The lowest BCUT2D eigenvalue weighted by Crippen LogP contribution is -2.39. The van der Waals surface area contributed by atoms with E-state index in [9.17, 15) is 9.59 Å². The van der Waals surface area contributed by atoms with Gasteiger partial charge < -0.3 is 10.3 Å². The maximum Gasteiger partial charge on any atom is 0.280 e. The number of amides is 1. The zero-order valence-corrected chi connectivity index (χ0v) is 19.7. The summed E-state index contributed by atoms with van der Waals surface area (Å²) in [6, 6.07) is 25.9. The minimum atomic E-state index is -0.818. The lowest BCUT2D eigenvalue weighted by molar-refractivity contribution is -0.123. The summed E-state index contributed by atoms with van der Waals surface area (Å²) >= 11 is 0. The van der Waals surface area contributed by atoms with Gasteiger partial charge in [-0.3, -0.25) is 14.2 Å². The molecule has 0 fully saturated rings. The molecule has 0 aliphatic heterocycles. The number of aromatic nitrogens is 3. The van der Waals surface area contributed by atoms with Crippen LogP contribution in [0.5, 0.6) is 0 Å². The van der Waals surface area contributed by atoms with Crippen LogP contribution in [0.4, 0.5) is 0 Å². The SMILES string of the molecule is CCCCCNC(=O)C(c1ccccc1)n1c(=O)c(-c2cc3ccccc3[nH]2)nc2ccccc21. The van der Waals surface area contributed by atoms with Crippen LogP contribution in [0.1, 0.15) is 37.8 Å². The second-order valence-electron chi connectivity index (χ2n) is 8.71. The molecule has 2 aromatic heterocycles. The molecule has 1 unspecified atom stereocenters. The number of aromatic amines is 1. The average Bonchev–Trinajstić information content (AvgIpc) is 3.32. The molecule has 35 heavy (non-hydrogen) atoms. The number of para-hydroxylation sites is 3. The molecule has 3 aromatic carbocycles. The zero-order chi connectivity index (χ0) is 24.2. The van der Waals surface area contributed by atoms with Crippen molar-refractivity contribution in [2.75, 3.05) is 6.54 Å². The van der Waals surface area contributed by atoms with E-state index < -0.39 is 6.04 Å². The number of hydrogen-bond donors (Lipinski definition) is 2. The number of H-pyrrole nitrogens is 1. The highest BCUT2D eigenvalue weighted by atomic mass is 16.2. The Morgan fingerprint density at radius 2 is 1.71 bits per heavy atom. The summed E-state index contributed by atoms with van der Waals surface area (Å²) in [7, 11) is 0. The molecule has 0 aliphatic rings. The van der Waals surface area contributed by atoms with Crippen molar-refractivity contribution in [2.45, 2.75) is 32.2 Å². The number of benzene rings is 3. The molecule has 1 amide bonds. The van der Waals surface area contributed by atoms with Crippen molar-refractivity contribution in [3.8, 4) is 11.4 Å². The summed E-state index contributed by atoms with van der Waals surface area (Å²) in [6.45, 7) is 2.70. The van der Waals surface area contributed by atoms with Gasteiger partial charge in [0.15, 0.2) is 5.69 Å². The van der Waals surface area contributed by atoms with E-state index in [1.165, 1.54) is 0 Å². The molecule has 5 rings (SSSR count). The van der Waals surface area contributed by atoms with Crippen LogP contribution in [0.25, 0.3) is 33.3 Å². The number of unbranched alkanes of at least 4 members (excludes halogenated alkanes) is 2. The van der Waals surface area contributed by atoms with Crippen LogP contribution in [-0.2, 0) is 4.79 Å². The van der Waals surface area contributed by atoms with Gasteiger partial charge in [0, 0.05) is 17.4 Å². The highest BCUT2D eigenvalue weighted by Crippen LogP contribution is 2.26. The lowest BCUT2D eigenvalue weighted by Gasteiger charge is -2.22. The van der Waals surface area contributed by atoms with Gasteiger partial charge in [-0.05, 0) is 36.2 Å². The molecule has 1 atom stereocenters. The largest absolute Gasteiger partial charge is 0.354 e. The van der Waals surface area contributed by atoms with Crippen molar-refractivity contribution in [2.24, 2.45) is 0 Å². The Kier molecular flexibility index (Phi) is 6.44. The van der Waals surface area contributed by atoms with E-state index in [1.54, 1.807) is 4.57 Å². The number of fused-ring (bicyclic) bond motifs is 2. The fourth-order valence-corrected chi connectivity index (χ4v) is 4.52. The van der Waals surface area contributed by atoms with Gasteiger partial charge in [-0.15, -0.1) is 0 Å². The monoisotopic (exact) mass is 464 g/mol. The van der Waals surface area contributed by atoms with Gasteiger partial charge in [0.1, 0.15) is 6.04 Å². The number of rotatable bonds is 8. The Bertz CT molecular complexity index is 1500. The van der Waals surface area contributed by atoms with E-state index in [1.807, 2.05) is 84.9 Å². The molecule has 2 heterocycles. The Morgan fingerprint density at radius 3 is 2.51 bits per heavy atom. The Balaban J connectivity index is 1.71. The molecule has 0 aliphatic carbocycles. The number of hydrogen-bond acceptors (Lipinski definition) is 3. The van der Waals surface area contributed by atoms with Gasteiger partial charge in [0.05, 0.1) is 16.7 Å². The van der Waals surface area contributed by atoms with E-state index in [0.717, 1.165) is 35.7 Å². The molecule has 176 valence electrons. The number of carbonyl (C=O) groups excluding carboxylic acids is 1. The average molecular weight is 465 g/mol. The van der Waals surface area contributed by atoms with Gasteiger partial charge in [0.25, 0.3) is 5.56 Å². The molecule has 0 bridgehead atoms. The maximum atomic E-state index is 14.1. The smallest absolute Gasteiger partial charge is 0.280 e. The van der Waals surface area contributed by atoms with Crippen LogP contribution in [0.15, 0.2) is 89.7 Å². The maximum absolute atomic E-state index is 14.1. The van der Waals surface area contributed by atoms with Crippen LogP contribution in [0.3, 0.4) is 0 Å². The van der Waals surface area contributed by atoms with E-state index in [0.29, 0.717) is 29.0 Å². The zero-order valence-electron chi connectivity index (χ0n) is 19.7. The first kappa shape index (κ1) is 22.6. The van der Waals surface area contributed by atoms with Crippen LogP contribution < -0.4 is 10.9 Å². The summed E-state index contributed by atoms with van der Waals surface area (Å²) in [5.74, 6) is -0.201. The van der Waals surface area contributed by atoms with Gasteiger partial charge in [-0.2, -0.15) is 0 Å². The summed E-state index contributed by atoms with van der Waals surface area (Å²) in [5.41, 5.74) is 3.56. The molecule has 0 saturated heterocycles. The second kappa shape index (κ2) is 9.97. The molecule has 6 heteroatoms. The minimum Gasteiger partial charge on any atom is -0.354 e. The predicted octanol–water partition coefficient (Wildman–Crippen LogP) is 5.44. The van der Waals surface area contributed by atoms with Gasteiger partial charge in [-0.25, -0.2) is 4.98 Å². The molecular weight excluding hydrogens is 436 g/mol. The summed E-state index contributed by atoms with van der Waals surface area (Å²) in [6.07, 6.45) is 3.01. The van der Waals surface area contributed by atoms with E-state index >= 15 is 0 Å². The van der Waals surface area contributed by atoms with Crippen LogP contribution >= 0.6 is 0 Å². The van der Waals surface area contributed by atoms with Crippen molar-refractivity contribution in [3.63, 3.8) is 0 Å². The quantitative estimate of drug-likeness (QED) is 0.300. The van der Waals surface area contributed by atoms with E-state index in [-0.39, 0.29) is 11.5 Å². The van der Waals surface area contributed by atoms with Crippen molar-refractivity contribution in [1.82, 2.24) is 19.9 Å². The highest BCUT2D eigenvalue weighted by Gasteiger charge is 2.27. The van der Waals surface area contributed by atoms with Gasteiger partial charge in [0.2, 0.25) is 5.91 Å². The Morgan fingerprint density at radius 1 is 0.971 bits per heavy atom. The number of nitrogens with one attached hydrogen (secondary N) is 2. The molecule has 2 N–H and O–H groups in total. The summed E-state index contributed by atoms with van der Waals surface area (Å²) in [4.78, 5) is 35.7. The summed E-state index contributed by atoms with van der Waals surface area (Å²) < 4.78 is 1.59. The third-order valence-electron chi connectivity index (χ3n) is 6.28. The minimum absolute atomic E-state index is 0.201. The number of nitrogens with zero attached hydrogens (tertiary/aromatic N) is 2. The normalized spacial score (nSPS) is 12.1. The van der Waals surface area contributed by atoms with Crippen molar-refractivity contribution < 1.29 is 4.79 Å². The number of carbonyl (C=O) groups is 1. The first-order chi connectivity index (χ1) is 17.2. The van der Waals surface area contributed by atoms with Gasteiger partial charge in [-0.1, -0.05) is 80.4 Å². The van der Waals surface area contributed by atoms with E-state index in [2.05, 4.69) is 17.2 Å². The second-order valence-corrected chi connectivity index (χ2v) is 8.71. The predicted molar refractivity (Wildman–Crippen MR) is 140 cm³/mol. The molecule has 0 spiro atoms.